The molecule has 0 aliphatic carbocycles. The summed E-state index contributed by atoms with van der Waals surface area (Å²) in [7, 11) is 0. The summed E-state index contributed by atoms with van der Waals surface area (Å²) in [6.07, 6.45) is 3.60. The Hall–Kier alpha value is -4.14. The second-order valence-corrected chi connectivity index (χ2v) is 14.2. The minimum Gasteiger partial charge on any atom is -0.508 e. The first-order chi connectivity index (χ1) is 23.1. The van der Waals surface area contributed by atoms with Gasteiger partial charge in [-0.15, -0.1) is 0 Å². The van der Waals surface area contributed by atoms with Gasteiger partial charge in [0.1, 0.15) is 47.1 Å². The molecule has 4 aromatic rings. The van der Waals surface area contributed by atoms with Gasteiger partial charge < -0.3 is 20.1 Å². The number of pyridine rings is 1. The first-order valence-corrected chi connectivity index (χ1v) is 16.9. The van der Waals surface area contributed by atoms with Crippen LogP contribution in [0.3, 0.4) is 0 Å². The van der Waals surface area contributed by atoms with E-state index >= 15 is 8.78 Å². The number of alkyl halides is 1. The smallest absolute Gasteiger partial charge is 0.319 e. The number of aryl methyl sites for hydroxylation is 1. The van der Waals surface area contributed by atoms with Crippen LogP contribution in [-0.2, 0) is 6.42 Å². The monoisotopic (exact) mass is 656 g/mol. The van der Waals surface area contributed by atoms with Gasteiger partial charge >= 0.3 is 6.01 Å². The number of ether oxygens (including phenoxy) is 1. The highest BCUT2D eigenvalue weighted by Crippen LogP contribution is 2.43. The molecule has 0 spiro atoms. The van der Waals surface area contributed by atoms with Gasteiger partial charge in [0.15, 0.2) is 5.82 Å². The summed E-state index contributed by atoms with van der Waals surface area (Å²) in [5, 5.41) is 15.8. The van der Waals surface area contributed by atoms with E-state index in [0.29, 0.717) is 60.0 Å². The Morgan fingerprint density at radius 3 is 2.77 bits per heavy atom. The van der Waals surface area contributed by atoms with Gasteiger partial charge in [0.05, 0.1) is 10.9 Å². The molecule has 8 nitrogen and oxygen atoms in total. The molecule has 4 atom stereocenters. The molecule has 11 heteroatoms. The van der Waals surface area contributed by atoms with E-state index in [2.05, 4.69) is 38.9 Å². The van der Waals surface area contributed by atoms with Crippen molar-refractivity contribution in [2.45, 2.75) is 82.6 Å². The predicted octanol–water partition coefficient (Wildman–Crippen LogP) is 6.05. The van der Waals surface area contributed by atoms with Crippen molar-refractivity contribution in [3.05, 3.63) is 47.2 Å². The van der Waals surface area contributed by atoms with Gasteiger partial charge in [-0.3, -0.25) is 4.90 Å². The van der Waals surface area contributed by atoms with Crippen molar-refractivity contribution in [1.82, 2.24) is 25.2 Å². The number of phenolic OH excluding ortho intramolecular Hbond substituents is 1. The van der Waals surface area contributed by atoms with Crippen LogP contribution in [0.2, 0.25) is 0 Å². The van der Waals surface area contributed by atoms with Gasteiger partial charge in [-0.1, -0.05) is 18.9 Å². The van der Waals surface area contributed by atoms with E-state index < -0.39 is 23.3 Å². The van der Waals surface area contributed by atoms with Gasteiger partial charge in [-0.05, 0) is 93.0 Å². The zero-order valence-corrected chi connectivity index (χ0v) is 27.5. The number of aromatic hydroxyl groups is 1. The van der Waals surface area contributed by atoms with E-state index in [0.717, 1.165) is 32.2 Å². The number of aromatic nitrogens is 3. The minimum absolute atomic E-state index is 0.00424. The average Bonchev–Trinajstić information content (AvgIpc) is 3.68. The summed E-state index contributed by atoms with van der Waals surface area (Å²) in [6.45, 7) is 8.37. The molecular weight excluding hydrogens is 617 g/mol. The highest BCUT2D eigenvalue weighted by atomic mass is 19.1. The highest BCUT2D eigenvalue weighted by Gasteiger charge is 2.49. The van der Waals surface area contributed by atoms with Gasteiger partial charge in [-0.2, -0.15) is 9.97 Å². The van der Waals surface area contributed by atoms with Crippen molar-refractivity contribution < 1.29 is 23.0 Å². The SMILES string of the molecule is CC#Cc1nc(-c2cc(O)cc3ccc(F)c(CC)c23)c(F)c2nc(OC[C@@]34CCCN3C[C@H](F)C4)nc(N3C[C@@H]4CC[C@](C)(C3)N4)c12. The lowest BCUT2D eigenvalue weighted by atomic mass is 9.94. The molecule has 0 amide bonds. The fraction of sp³-hybridized carbons (Fsp3) is 0.486. The minimum atomic E-state index is -0.921. The molecule has 2 aromatic heterocycles. The number of phenols is 1. The number of fused-ring (bicyclic) bond motifs is 5. The standard InChI is InChI=1S/C37H39F3N6O2/c1-4-7-28-30-33(31(40)32(41-28)26-15-24(47)14-21-8-9-27(39)25(5-2)29(21)26)42-35(48-20-37-11-6-13-46(37)17-22(38)16-37)43-34(30)45-18-23-10-12-36(3,19-45)44-23/h8-9,14-15,22-23,44,47H,5-6,10-13,16-20H2,1-3H3/t22-,23+,36-,37+/m1/s1. The highest BCUT2D eigenvalue weighted by molar-refractivity contribution is 6.03. The van der Waals surface area contributed by atoms with Crippen LogP contribution in [0.5, 0.6) is 11.8 Å². The maximum absolute atomic E-state index is 17.2. The Balaban J connectivity index is 1.35. The van der Waals surface area contributed by atoms with Crippen LogP contribution in [0.25, 0.3) is 32.9 Å². The second kappa shape index (κ2) is 11.5. The Labute approximate surface area is 277 Å². The number of piperazine rings is 1. The Bertz CT molecular complexity index is 2030. The van der Waals surface area contributed by atoms with Crippen LogP contribution >= 0.6 is 0 Å². The molecule has 0 saturated carbocycles. The van der Waals surface area contributed by atoms with Gasteiger partial charge in [-0.25, -0.2) is 18.2 Å². The van der Waals surface area contributed by atoms with Crippen LogP contribution in [-0.4, -0.2) is 81.0 Å². The van der Waals surface area contributed by atoms with Crippen molar-refractivity contribution >= 4 is 27.5 Å². The number of benzene rings is 2. The number of hydrogen-bond donors (Lipinski definition) is 2. The summed E-state index contributed by atoms with van der Waals surface area (Å²) in [5.41, 5.74) is 0.221. The zero-order valence-electron chi connectivity index (χ0n) is 27.5. The third-order valence-corrected chi connectivity index (χ3v) is 10.9. The lowest BCUT2D eigenvalue weighted by molar-refractivity contribution is 0.107. The Morgan fingerprint density at radius 2 is 1.98 bits per heavy atom. The summed E-state index contributed by atoms with van der Waals surface area (Å²) in [5.74, 6) is 5.22. The van der Waals surface area contributed by atoms with Crippen molar-refractivity contribution in [2.24, 2.45) is 0 Å². The molecule has 2 bridgehead atoms. The number of hydrogen-bond acceptors (Lipinski definition) is 8. The lowest BCUT2D eigenvalue weighted by Gasteiger charge is -2.40. The van der Waals surface area contributed by atoms with Gasteiger partial charge in [0.2, 0.25) is 0 Å². The Kier molecular flexibility index (Phi) is 7.45. The zero-order chi connectivity index (χ0) is 33.4. The molecule has 48 heavy (non-hydrogen) atoms. The van der Waals surface area contributed by atoms with E-state index in [-0.39, 0.29) is 52.4 Å². The molecule has 2 aromatic carbocycles. The van der Waals surface area contributed by atoms with Crippen LogP contribution in [0.15, 0.2) is 24.3 Å². The van der Waals surface area contributed by atoms with Crippen LogP contribution in [0.1, 0.15) is 64.1 Å². The van der Waals surface area contributed by atoms with E-state index in [1.54, 1.807) is 13.0 Å². The third kappa shape index (κ3) is 5.03. The van der Waals surface area contributed by atoms with Crippen molar-refractivity contribution in [2.75, 3.05) is 37.7 Å². The number of rotatable bonds is 6. The Morgan fingerprint density at radius 1 is 1.12 bits per heavy atom. The molecular formula is C37H39F3N6O2. The quantitative estimate of drug-likeness (QED) is 0.243. The van der Waals surface area contributed by atoms with Crippen molar-refractivity contribution in [3.8, 4) is 34.9 Å². The maximum atomic E-state index is 17.2. The molecule has 0 unspecified atom stereocenters. The summed E-state index contributed by atoms with van der Waals surface area (Å²) < 4.78 is 53.3. The molecule has 250 valence electrons. The molecule has 6 heterocycles. The van der Waals surface area contributed by atoms with Crippen LogP contribution < -0.4 is 15.0 Å². The molecule has 0 radical (unpaired) electrons. The fourth-order valence-corrected chi connectivity index (χ4v) is 8.80. The summed E-state index contributed by atoms with van der Waals surface area (Å²) in [6, 6.07) is 6.11. The van der Waals surface area contributed by atoms with E-state index in [9.17, 15) is 9.50 Å². The molecule has 4 aliphatic rings. The molecule has 4 fully saturated rings. The average molecular weight is 657 g/mol. The van der Waals surface area contributed by atoms with Crippen molar-refractivity contribution in [3.63, 3.8) is 0 Å². The third-order valence-electron chi connectivity index (χ3n) is 10.9. The normalized spacial score (nSPS) is 26.7. The maximum Gasteiger partial charge on any atom is 0.319 e. The van der Waals surface area contributed by atoms with Crippen LogP contribution in [0, 0.1) is 23.5 Å². The van der Waals surface area contributed by atoms with Crippen LogP contribution in [0.4, 0.5) is 19.0 Å². The first-order valence-electron chi connectivity index (χ1n) is 16.9. The summed E-state index contributed by atoms with van der Waals surface area (Å²) in [4.78, 5) is 18.7. The predicted molar refractivity (Wildman–Crippen MR) is 179 cm³/mol. The number of anilines is 1. The number of nitrogens with one attached hydrogen (secondary N) is 1. The second-order valence-electron chi connectivity index (χ2n) is 14.2. The lowest BCUT2D eigenvalue weighted by Crippen LogP contribution is -2.58. The molecule has 2 N–H and O–H groups in total. The van der Waals surface area contributed by atoms with E-state index in [1.165, 1.54) is 18.2 Å². The molecule has 4 saturated heterocycles. The summed E-state index contributed by atoms with van der Waals surface area (Å²) >= 11 is 0. The van der Waals surface area contributed by atoms with Gasteiger partial charge in [0, 0.05) is 43.2 Å². The van der Waals surface area contributed by atoms with Gasteiger partial charge in [0.25, 0.3) is 0 Å². The molecule has 8 rings (SSSR count). The number of halogens is 3. The first kappa shape index (κ1) is 31.1. The largest absolute Gasteiger partial charge is 0.508 e. The topological polar surface area (TPSA) is 86.6 Å². The number of nitrogens with zero attached hydrogens (tertiary/aromatic N) is 5. The van der Waals surface area contributed by atoms with E-state index in [1.807, 2.05) is 6.92 Å². The molecule has 4 aliphatic heterocycles. The van der Waals surface area contributed by atoms with E-state index in [4.69, 9.17) is 14.7 Å². The fourth-order valence-electron chi connectivity index (χ4n) is 8.80. The van der Waals surface area contributed by atoms with Crippen molar-refractivity contribution in [1.29, 1.82) is 0 Å².